The Labute approximate surface area is 104 Å². The summed E-state index contributed by atoms with van der Waals surface area (Å²) in [6, 6.07) is 0.220. The van der Waals surface area contributed by atoms with Crippen molar-refractivity contribution in [2.75, 3.05) is 26.2 Å². The average molecular weight is 239 g/mol. The highest BCUT2D eigenvalue weighted by Gasteiger charge is 2.41. The Morgan fingerprint density at radius 3 is 2.29 bits per heavy atom. The number of hydrogen-bond acceptors (Lipinski definition) is 2. The summed E-state index contributed by atoms with van der Waals surface area (Å²) in [6.07, 6.45) is 6.88. The van der Waals surface area contributed by atoms with Crippen LogP contribution in [0.5, 0.6) is 0 Å². The molecule has 0 unspecified atom stereocenters. The summed E-state index contributed by atoms with van der Waals surface area (Å²) < 4.78 is 0. The summed E-state index contributed by atoms with van der Waals surface area (Å²) in [7, 11) is 0. The largest absolute Gasteiger partial charge is 0.328 e. The average Bonchev–Trinajstić information content (AvgIpc) is 3.01. The van der Waals surface area contributed by atoms with Gasteiger partial charge in [-0.15, -0.1) is 0 Å². The van der Waals surface area contributed by atoms with Crippen molar-refractivity contribution in [2.24, 2.45) is 5.73 Å². The molecule has 2 fully saturated rings. The van der Waals surface area contributed by atoms with Crippen LogP contribution >= 0.6 is 0 Å². The number of rotatable bonds is 3. The molecular weight excluding hydrogens is 214 g/mol. The van der Waals surface area contributed by atoms with Gasteiger partial charge in [0.05, 0.1) is 5.54 Å². The molecule has 2 N–H and O–H groups in total. The fourth-order valence-electron chi connectivity index (χ4n) is 3.37. The Hall–Kier alpha value is -0.770. The van der Waals surface area contributed by atoms with Crippen LogP contribution in [0.4, 0.5) is 4.79 Å². The summed E-state index contributed by atoms with van der Waals surface area (Å²) in [5, 5.41) is 0. The molecule has 1 saturated heterocycles. The number of carbonyl (C=O) groups excluding carboxylic acids is 1. The number of carbonyl (C=O) groups is 1. The van der Waals surface area contributed by atoms with Gasteiger partial charge >= 0.3 is 6.03 Å². The third-order valence-electron chi connectivity index (χ3n) is 4.41. The van der Waals surface area contributed by atoms with Crippen molar-refractivity contribution in [3.63, 3.8) is 0 Å². The maximum absolute atomic E-state index is 12.5. The minimum absolute atomic E-state index is 0.0472. The van der Waals surface area contributed by atoms with Gasteiger partial charge < -0.3 is 15.5 Å². The quantitative estimate of drug-likeness (QED) is 0.816. The predicted octanol–water partition coefficient (Wildman–Crippen LogP) is 1.80. The van der Waals surface area contributed by atoms with Crippen LogP contribution in [0.2, 0.25) is 0 Å². The second-order valence-electron chi connectivity index (χ2n) is 5.36. The van der Waals surface area contributed by atoms with Gasteiger partial charge in [-0.05, 0) is 32.6 Å². The van der Waals surface area contributed by atoms with E-state index in [1.165, 1.54) is 12.8 Å². The maximum atomic E-state index is 12.5. The first kappa shape index (κ1) is 12.7. The molecule has 0 radical (unpaired) electrons. The number of hydrogen-bond donors (Lipinski definition) is 1. The van der Waals surface area contributed by atoms with E-state index in [0.29, 0.717) is 6.54 Å². The van der Waals surface area contributed by atoms with Crippen LogP contribution in [0.1, 0.15) is 45.4 Å². The van der Waals surface area contributed by atoms with E-state index in [4.69, 9.17) is 5.73 Å². The molecule has 2 rings (SSSR count). The Balaban J connectivity index is 2.10. The van der Waals surface area contributed by atoms with Gasteiger partial charge in [0.1, 0.15) is 0 Å². The van der Waals surface area contributed by atoms with E-state index < -0.39 is 0 Å². The van der Waals surface area contributed by atoms with Gasteiger partial charge in [-0.25, -0.2) is 4.79 Å². The lowest BCUT2D eigenvalue weighted by atomic mass is 9.95. The van der Waals surface area contributed by atoms with Gasteiger partial charge in [0.2, 0.25) is 0 Å². The van der Waals surface area contributed by atoms with Crippen LogP contribution in [0.15, 0.2) is 0 Å². The molecule has 1 saturated carbocycles. The second-order valence-corrected chi connectivity index (χ2v) is 5.36. The molecule has 0 aromatic rings. The van der Waals surface area contributed by atoms with Crippen LogP contribution in [0.3, 0.4) is 0 Å². The summed E-state index contributed by atoms with van der Waals surface area (Å²) in [6.45, 7) is 5.32. The molecule has 2 amide bonds. The van der Waals surface area contributed by atoms with Crippen LogP contribution in [-0.2, 0) is 0 Å². The maximum Gasteiger partial charge on any atom is 0.320 e. The number of nitrogens with zero attached hydrogens (tertiary/aromatic N) is 2. The van der Waals surface area contributed by atoms with Gasteiger partial charge in [-0.2, -0.15) is 0 Å². The van der Waals surface area contributed by atoms with Gasteiger partial charge in [0, 0.05) is 26.2 Å². The van der Waals surface area contributed by atoms with Gasteiger partial charge in [-0.3, -0.25) is 0 Å². The van der Waals surface area contributed by atoms with E-state index in [1.54, 1.807) is 0 Å². The fraction of sp³-hybridized carbons (Fsp3) is 0.923. The van der Waals surface area contributed by atoms with Crippen molar-refractivity contribution in [3.8, 4) is 0 Å². The summed E-state index contributed by atoms with van der Waals surface area (Å²) in [4.78, 5) is 16.6. The van der Waals surface area contributed by atoms with E-state index in [-0.39, 0.29) is 11.6 Å². The van der Waals surface area contributed by atoms with Gasteiger partial charge in [0.25, 0.3) is 0 Å². The first-order valence-electron chi connectivity index (χ1n) is 7.00. The van der Waals surface area contributed by atoms with Gasteiger partial charge in [-0.1, -0.05) is 12.8 Å². The smallest absolute Gasteiger partial charge is 0.320 e. The number of urea groups is 1. The lowest BCUT2D eigenvalue weighted by molar-refractivity contribution is 0.0991. The molecule has 0 bridgehead atoms. The fourth-order valence-corrected chi connectivity index (χ4v) is 3.37. The third kappa shape index (κ3) is 2.28. The third-order valence-corrected chi connectivity index (χ3v) is 4.41. The van der Waals surface area contributed by atoms with E-state index in [1.807, 2.05) is 9.80 Å². The first-order chi connectivity index (χ1) is 8.23. The van der Waals surface area contributed by atoms with E-state index in [2.05, 4.69) is 6.92 Å². The van der Waals surface area contributed by atoms with Crippen molar-refractivity contribution in [2.45, 2.75) is 51.0 Å². The molecule has 1 aliphatic heterocycles. The molecule has 1 heterocycles. The standard InChI is InChI=1S/C13H25N3O/c1-2-16(12(17)15-9-5-6-10-15)13(11-14)7-3-4-8-13/h2-11,14H2,1H3. The Bertz CT molecular complexity index is 268. The minimum atomic E-state index is -0.0472. The second kappa shape index (κ2) is 5.25. The van der Waals surface area contributed by atoms with Crippen molar-refractivity contribution >= 4 is 6.03 Å². The van der Waals surface area contributed by atoms with Crippen molar-refractivity contribution in [3.05, 3.63) is 0 Å². The Kier molecular flexibility index (Phi) is 3.92. The van der Waals surface area contributed by atoms with Gasteiger partial charge in [0.15, 0.2) is 0 Å². The molecule has 0 aromatic heterocycles. The molecular formula is C13H25N3O. The van der Waals surface area contributed by atoms with E-state index in [9.17, 15) is 4.79 Å². The molecule has 4 heteroatoms. The van der Waals surface area contributed by atoms with Crippen LogP contribution in [-0.4, -0.2) is 47.5 Å². The SMILES string of the molecule is CCN(C(=O)N1CCCC1)C1(CN)CCCC1. The normalized spacial score (nSPS) is 23.1. The number of amides is 2. The molecule has 1 aliphatic carbocycles. The predicted molar refractivity (Wildman–Crippen MR) is 68.8 cm³/mol. The monoisotopic (exact) mass is 239 g/mol. The highest BCUT2D eigenvalue weighted by atomic mass is 16.2. The summed E-state index contributed by atoms with van der Waals surface area (Å²) in [5.41, 5.74) is 5.92. The number of nitrogens with two attached hydrogens (primary N) is 1. The van der Waals surface area contributed by atoms with Crippen LogP contribution in [0, 0.1) is 0 Å². The van der Waals surface area contributed by atoms with Crippen molar-refractivity contribution in [1.82, 2.24) is 9.80 Å². The lowest BCUT2D eigenvalue weighted by Gasteiger charge is -2.42. The highest BCUT2D eigenvalue weighted by molar-refractivity contribution is 5.75. The molecule has 17 heavy (non-hydrogen) atoms. The van der Waals surface area contributed by atoms with Crippen molar-refractivity contribution < 1.29 is 4.79 Å². The first-order valence-corrected chi connectivity index (χ1v) is 7.00. The molecule has 2 aliphatic rings. The van der Waals surface area contributed by atoms with Crippen LogP contribution < -0.4 is 5.73 Å². The summed E-state index contributed by atoms with van der Waals surface area (Å²) >= 11 is 0. The van der Waals surface area contributed by atoms with E-state index >= 15 is 0 Å². The number of likely N-dealkylation sites (tertiary alicyclic amines) is 1. The van der Waals surface area contributed by atoms with Crippen LogP contribution in [0.25, 0.3) is 0 Å². The topological polar surface area (TPSA) is 49.6 Å². The Morgan fingerprint density at radius 1 is 1.24 bits per heavy atom. The zero-order valence-electron chi connectivity index (χ0n) is 11.0. The molecule has 98 valence electrons. The molecule has 0 aromatic carbocycles. The Morgan fingerprint density at radius 2 is 1.82 bits per heavy atom. The lowest BCUT2D eigenvalue weighted by Crippen LogP contribution is -2.57. The summed E-state index contributed by atoms with van der Waals surface area (Å²) in [5.74, 6) is 0. The minimum Gasteiger partial charge on any atom is -0.328 e. The molecule has 4 nitrogen and oxygen atoms in total. The van der Waals surface area contributed by atoms with Crippen molar-refractivity contribution in [1.29, 1.82) is 0 Å². The highest BCUT2D eigenvalue weighted by Crippen LogP contribution is 2.35. The molecule has 0 spiro atoms. The van der Waals surface area contributed by atoms with E-state index in [0.717, 1.165) is 45.3 Å². The molecule has 0 atom stereocenters. The zero-order valence-corrected chi connectivity index (χ0v) is 11.0. The zero-order chi connectivity index (χ0) is 12.3. The number of likely N-dealkylation sites (N-methyl/N-ethyl adjacent to an activating group) is 1.